The van der Waals surface area contributed by atoms with Crippen molar-refractivity contribution in [3.8, 4) is 5.75 Å². The fourth-order valence-corrected chi connectivity index (χ4v) is 2.16. The average molecular weight is 393 g/mol. The summed E-state index contributed by atoms with van der Waals surface area (Å²) >= 11 is 3.24. The summed E-state index contributed by atoms with van der Waals surface area (Å²) in [5.41, 5.74) is 5.81. The minimum absolute atomic E-state index is 0.216. The molecular weight excluding hydrogens is 379 g/mol. The van der Waals surface area contributed by atoms with Crippen LogP contribution in [0.4, 0.5) is 10.1 Å². The Morgan fingerprint density at radius 3 is 2.58 bits per heavy atom. The molecule has 0 aliphatic carbocycles. The number of hydrogen-bond acceptors (Lipinski definition) is 3. The number of benzene rings is 2. The maximum absolute atomic E-state index is 13.6. The van der Waals surface area contributed by atoms with Gasteiger partial charge >= 0.3 is 0 Å². The number of carbonyl (C=O) groups excluding carboxylic acids is 2. The Morgan fingerprint density at radius 1 is 1.21 bits per heavy atom. The van der Waals surface area contributed by atoms with Crippen LogP contribution in [0.25, 0.3) is 6.08 Å². The molecular formula is C17H14BrFN2O3. The van der Waals surface area contributed by atoms with E-state index < -0.39 is 17.6 Å². The fourth-order valence-electron chi connectivity index (χ4n) is 1.78. The molecule has 0 unspecified atom stereocenters. The molecule has 0 spiro atoms. The number of ether oxygens (including phenoxy) is 1. The van der Waals surface area contributed by atoms with E-state index in [1.165, 1.54) is 18.2 Å². The topological polar surface area (TPSA) is 81.4 Å². The molecule has 24 heavy (non-hydrogen) atoms. The molecule has 0 atom stereocenters. The van der Waals surface area contributed by atoms with E-state index >= 15 is 0 Å². The van der Waals surface area contributed by atoms with Crippen molar-refractivity contribution in [2.24, 2.45) is 5.73 Å². The minimum atomic E-state index is -0.572. The molecule has 0 heterocycles. The maximum atomic E-state index is 13.6. The van der Waals surface area contributed by atoms with E-state index in [2.05, 4.69) is 21.2 Å². The Kier molecular flexibility index (Phi) is 6.08. The van der Waals surface area contributed by atoms with E-state index in [-0.39, 0.29) is 6.61 Å². The van der Waals surface area contributed by atoms with Crippen LogP contribution in [0.15, 0.2) is 53.0 Å². The first-order valence-corrected chi connectivity index (χ1v) is 7.68. The number of carbonyl (C=O) groups is 2. The predicted molar refractivity (Wildman–Crippen MR) is 92.9 cm³/mol. The number of nitrogens with one attached hydrogen (secondary N) is 1. The molecule has 5 nitrogen and oxygen atoms in total. The second-order valence-corrected chi connectivity index (χ2v) is 5.68. The van der Waals surface area contributed by atoms with Gasteiger partial charge in [0.25, 0.3) is 5.91 Å². The van der Waals surface area contributed by atoms with E-state index in [0.717, 1.165) is 4.47 Å². The Bertz CT molecular complexity index is 776. The Morgan fingerprint density at radius 2 is 1.92 bits per heavy atom. The molecule has 0 fully saturated rings. The number of nitrogens with two attached hydrogens (primary N) is 1. The molecule has 0 bridgehead atoms. The van der Waals surface area contributed by atoms with Crippen molar-refractivity contribution in [2.75, 3.05) is 11.9 Å². The van der Waals surface area contributed by atoms with Gasteiger partial charge in [0.2, 0.25) is 5.91 Å². The normalized spacial score (nSPS) is 10.6. The number of hydrogen-bond donors (Lipinski definition) is 2. The number of rotatable bonds is 6. The minimum Gasteiger partial charge on any atom is -0.484 e. The summed E-state index contributed by atoms with van der Waals surface area (Å²) in [5.74, 6) is -0.936. The lowest BCUT2D eigenvalue weighted by Crippen LogP contribution is -2.20. The van der Waals surface area contributed by atoms with Crippen LogP contribution >= 0.6 is 15.9 Å². The predicted octanol–water partition coefficient (Wildman–Crippen LogP) is 3.10. The van der Waals surface area contributed by atoms with Crippen LogP contribution in [0.5, 0.6) is 5.75 Å². The first-order chi connectivity index (χ1) is 11.4. The number of amides is 2. The molecule has 0 saturated heterocycles. The van der Waals surface area contributed by atoms with Crippen LogP contribution in [-0.4, -0.2) is 18.4 Å². The molecule has 124 valence electrons. The highest BCUT2D eigenvalue weighted by atomic mass is 79.9. The van der Waals surface area contributed by atoms with Crippen LogP contribution in [-0.2, 0) is 9.59 Å². The van der Waals surface area contributed by atoms with Crippen molar-refractivity contribution in [2.45, 2.75) is 0 Å². The highest BCUT2D eigenvalue weighted by molar-refractivity contribution is 9.10. The third-order valence-corrected chi connectivity index (χ3v) is 3.37. The summed E-state index contributed by atoms with van der Waals surface area (Å²) in [6.45, 7) is -0.216. The van der Waals surface area contributed by atoms with Gasteiger partial charge in [-0.2, -0.15) is 0 Å². The van der Waals surface area contributed by atoms with E-state index in [9.17, 15) is 14.0 Å². The highest BCUT2D eigenvalue weighted by Crippen LogP contribution is 2.18. The lowest BCUT2D eigenvalue weighted by Gasteiger charge is -2.06. The highest BCUT2D eigenvalue weighted by Gasteiger charge is 2.02. The van der Waals surface area contributed by atoms with E-state index in [1.54, 1.807) is 36.4 Å². The quantitative estimate of drug-likeness (QED) is 0.741. The molecule has 0 aromatic heterocycles. The molecule has 3 N–H and O–H groups in total. The zero-order chi connectivity index (χ0) is 17.5. The van der Waals surface area contributed by atoms with Gasteiger partial charge in [-0.05, 0) is 48.5 Å². The smallest absolute Gasteiger partial charge is 0.255 e. The molecule has 0 aliphatic rings. The fraction of sp³-hybridized carbons (Fsp3) is 0.0588. The number of primary amides is 1. The molecule has 0 saturated carbocycles. The van der Waals surface area contributed by atoms with Gasteiger partial charge in [-0.3, -0.25) is 9.59 Å². The Balaban J connectivity index is 1.95. The number of halogens is 2. The molecule has 0 aliphatic heterocycles. The first kappa shape index (κ1) is 17.7. The molecule has 2 aromatic rings. The van der Waals surface area contributed by atoms with Crippen molar-refractivity contribution in [1.82, 2.24) is 0 Å². The van der Waals surface area contributed by atoms with Gasteiger partial charge in [0.15, 0.2) is 6.61 Å². The van der Waals surface area contributed by atoms with Gasteiger partial charge in [-0.1, -0.05) is 15.9 Å². The van der Waals surface area contributed by atoms with Crippen molar-refractivity contribution in [3.05, 3.63) is 64.4 Å². The second kappa shape index (κ2) is 8.26. The summed E-state index contributed by atoms with van der Waals surface area (Å²) in [6, 6.07) is 10.9. The largest absolute Gasteiger partial charge is 0.484 e. The van der Waals surface area contributed by atoms with Gasteiger partial charge in [0.1, 0.15) is 11.6 Å². The standard InChI is InChI=1S/C17H14BrFN2O3/c18-12-2-7-15(19)11(9-12)1-8-17(23)21-13-3-5-14(6-4-13)24-10-16(20)22/h1-9H,10H2,(H2,20,22)(H,21,23)/b8-1+. The van der Waals surface area contributed by atoms with Crippen LogP contribution in [0, 0.1) is 5.82 Å². The van der Waals surface area contributed by atoms with E-state index in [0.29, 0.717) is 17.0 Å². The Hall–Kier alpha value is -2.67. The third kappa shape index (κ3) is 5.51. The van der Waals surface area contributed by atoms with Crippen molar-refractivity contribution in [1.29, 1.82) is 0 Å². The lowest BCUT2D eigenvalue weighted by molar-refractivity contribution is -0.120. The van der Waals surface area contributed by atoms with Gasteiger partial charge in [-0.15, -0.1) is 0 Å². The molecule has 2 aromatic carbocycles. The van der Waals surface area contributed by atoms with Crippen molar-refractivity contribution in [3.63, 3.8) is 0 Å². The zero-order valence-corrected chi connectivity index (χ0v) is 14.0. The summed E-state index contributed by atoms with van der Waals surface area (Å²) in [5, 5.41) is 2.63. The van der Waals surface area contributed by atoms with E-state index in [1.807, 2.05) is 0 Å². The first-order valence-electron chi connectivity index (χ1n) is 6.89. The molecule has 2 rings (SSSR count). The summed E-state index contributed by atoms with van der Waals surface area (Å²) in [4.78, 5) is 22.5. The Labute approximate surface area is 146 Å². The monoisotopic (exact) mass is 392 g/mol. The second-order valence-electron chi connectivity index (χ2n) is 4.77. The molecule has 0 radical (unpaired) electrons. The van der Waals surface area contributed by atoms with Crippen LogP contribution in [0.2, 0.25) is 0 Å². The van der Waals surface area contributed by atoms with Gasteiger partial charge < -0.3 is 15.8 Å². The van der Waals surface area contributed by atoms with E-state index in [4.69, 9.17) is 10.5 Å². The van der Waals surface area contributed by atoms with Gasteiger partial charge in [-0.25, -0.2) is 4.39 Å². The van der Waals surface area contributed by atoms with Gasteiger partial charge in [0, 0.05) is 21.8 Å². The lowest BCUT2D eigenvalue weighted by atomic mass is 10.2. The van der Waals surface area contributed by atoms with Crippen LogP contribution in [0.1, 0.15) is 5.56 Å². The molecule has 7 heteroatoms. The van der Waals surface area contributed by atoms with Crippen LogP contribution < -0.4 is 15.8 Å². The average Bonchev–Trinajstić information content (AvgIpc) is 2.55. The number of anilines is 1. The van der Waals surface area contributed by atoms with Gasteiger partial charge in [0.05, 0.1) is 0 Å². The molecule has 2 amide bonds. The summed E-state index contributed by atoms with van der Waals surface area (Å²) in [7, 11) is 0. The summed E-state index contributed by atoms with van der Waals surface area (Å²) < 4.78 is 19.4. The third-order valence-electron chi connectivity index (χ3n) is 2.88. The van der Waals surface area contributed by atoms with Crippen molar-refractivity contribution >= 4 is 39.5 Å². The maximum Gasteiger partial charge on any atom is 0.255 e. The SMILES string of the molecule is NC(=O)COc1ccc(NC(=O)/C=C/c2cc(Br)ccc2F)cc1. The van der Waals surface area contributed by atoms with Crippen molar-refractivity contribution < 1.29 is 18.7 Å². The summed E-state index contributed by atoms with van der Waals surface area (Å²) in [6.07, 6.45) is 2.63. The van der Waals surface area contributed by atoms with Crippen LogP contribution in [0.3, 0.4) is 0 Å². The zero-order valence-electron chi connectivity index (χ0n) is 12.5.